The molecule has 0 amide bonds. The van der Waals surface area contributed by atoms with E-state index in [1.165, 1.54) is 0 Å². The SMILES string of the molecule is CCS(=O)(=O)CC(C)Nc1ccc(SC(F)F)cc1. The molecule has 0 fully saturated rings. The fraction of sp³-hybridized carbons (Fsp3) is 0.500. The highest BCUT2D eigenvalue weighted by Gasteiger charge is 2.13. The predicted molar refractivity (Wildman–Crippen MR) is 75.7 cm³/mol. The Labute approximate surface area is 116 Å². The van der Waals surface area contributed by atoms with Crippen LogP contribution in [0.25, 0.3) is 0 Å². The molecule has 0 saturated carbocycles. The summed E-state index contributed by atoms with van der Waals surface area (Å²) in [6, 6.07) is 6.28. The molecule has 1 aromatic carbocycles. The maximum atomic E-state index is 12.1. The maximum Gasteiger partial charge on any atom is 0.288 e. The van der Waals surface area contributed by atoms with Gasteiger partial charge in [0.2, 0.25) is 0 Å². The van der Waals surface area contributed by atoms with E-state index >= 15 is 0 Å². The largest absolute Gasteiger partial charge is 0.382 e. The van der Waals surface area contributed by atoms with Crippen molar-refractivity contribution in [1.29, 1.82) is 0 Å². The van der Waals surface area contributed by atoms with Crippen molar-refractivity contribution in [3.05, 3.63) is 24.3 Å². The maximum absolute atomic E-state index is 12.1. The van der Waals surface area contributed by atoms with Crippen molar-refractivity contribution >= 4 is 27.3 Å². The first-order chi connectivity index (χ1) is 8.82. The fourth-order valence-corrected chi connectivity index (χ4v) is 3.14. The summed E-state index contributed by atoms with van der Waals surface area (Å²) < 4.78 is 47.2. The number of hydrogen-bond acceptors (Lipinski definition) is 4. The van der Waals surface area contributed by atoms with Crippen LogP contribution in [0.4, 0.5) is 14.5 Å². The van der Waals surface area contributed by atoms with Gasteiger partial charge in [-0.2, -0.15) is 8.78 Å². The number of hydrogen-bond donors (Lipinski definition) is 1. The summed E-state index contributed by atoms with van der Waals surface area (Å²) in [7, 11) is -3.03. The van der Waals surface area contributed by atoms with E-state index in [-0.39, 0.29) is 17.5 Å². The van der Waals surface area contributed by atoms with E-state index in [9.17, 15) is 17.2 Å². The molecule has 1 atom stereocenters. The first-order valence-electron chi connectivity index (χ1n) is 5.84. The van der Waals surface area contributed by atoms with Gasteiger partial charge in [0, 0.05) is 22.4 Å². The zero-order valence-electron chi connectivity index (χ0n) is 10.8. The Bertz CT molecular complexity index is 489. The Morgan fingerprint density at radius 1 is 1.26 bits per heavy atom. The lowest BCUT2D eigenvalue weighted by molar-refractivity contribution is 0.252. The number of rotatable bonds is 7. The van der Waals surface area contributed by atoms with Gasteiger partial charge in [-0.25, -0.2) is 8.42 Å². The Kier molecular flexibility index (Phi) is 6.06. The fourth-order valence-electron chi connectivity index (χ4n) is 1.56. The number of benzene rings is 1. The third kappa shape index (κ3) is 6.24. The van der Waals surface area contributed by atoms with Gasteiger partial charge in [-0.3, -0.25) is 0 Å². The topological polar surface area (TPSA) is 46.2 Å². The average molecular weight is 309 g/mol. The smallest absolute Gasteiger partial charge is 0.288 e. The van der Waals surface area contributed by atoms with Crippen LogP contribution in [0.5, 0.6) is 0 Å². The zero-order chi connectivity index (χ0) is 14.5. The molecule has 3 nitrogen and oxygen atoms in total. The molecule has 0 aliphatic carbocycles. The van der Waals surface area contributed by atoms with Crippen LogP contribution < -0.4 is 5.32 Å². The molecular formula is C12H17F2NO2S2. The molecule has 108 valence electrons. The summed E-state index contributed by atoms with van der Waals surface area (Å²) in [6.45, 7) is 3.38. The summed E-state index contributed by atoms with van der Waals surface area (Å²) in [6.07, 6.45) is 0. The van der Waals surface area contributed by atoms with Gasteiger partial charge in [0.1, 0.15) is 0 Å². The van der Waals surface area contributed by atoms with Crippen LogP contribution in [0.1, 0.15) is 13.8 Å². The molecule has 0 radical (unpaired) electrons. The predicted octanol–water partition coefficient (Wildman–Crippen LogP) is 3.24. The van der Waals surface area contributed by atoms with Gasteiger partial charge in [-0.05, 0) is 31.2 Å². The first-order valence-corrected chi connectivity index (χ1v) is 8.54. The standard InChI is InChI=1S/C12H17F2NO2S2/c1-3-19(16,17)8-9(2)15-10-4-6-11(7-5-10)18-12(13)14/h4-7,9,12,15H,3,8H2,1-2H3. The highest BCUT2D eigenvalue weighted by molar-refractivity contribution is 7.99. The Hall–Kier alpha value is -0.820. The molecule has 0 saturated heterocycles. The van der Waals surface area contributed by atoms with Crippen molar-refractivity contribution in [3.8, 4) is 0 Å². The second-order valence-corrected chi connectivity index (χ2v) is 7.61. The number of sulfone groups is 1. The van der Waals surface area contributed by atoms with Crippen molar-refractivity contribution in [2.75, 3.05) is 16.8 Å². The van der Waals surface area contributed by atoms with Gasteiger partial charge in [0.05, 0.1) is 5.75 Å². The number of halogens is 2. The molecular weight excluding hydrogens is 292 g/mol. The van der Waals surface area contributed by atoms with Crippen LogP contribution in [0, 0.1) is 0 Å². The van der Waals surface area contributed by atoms with Crippen molar-refractivity contribution in [3.63, 3.8) is 0 Å². The summed E-state index contributed by atoms with van der Waals surface area (Å²) in [5.74, 6) is -2.27. The Morgan fingerprint density at radius 3 is 2.32 bits per heavy atom. The van der Waals surface area contributed by atoms with Crippen molar-refractivity contribution in [2.24, 2.45) is 0 Å². The Balaban J connectivity index is 2.58. The molecule has 19 heavy (non-hydrogen) atoms. The molecule has 1 unspecified atom stereocenters. The number of anilines is 1. The van der Waals surface area contributed by atoms with Crippen LogP contribution in [0.3, 0.4) is 0 Å². The molecule has 1 N–H and O–H groups in total. The molecule has 0 aromatic heterocycles. The number of alkyl halides is 2. The highest BCUT2D eigenvalue weighted by atomic mass is 32.2. The second kappa shape index (κ2) is 7.09. The van der Waals surface area contributed by atoms with Crippen LogP contribution in [-0.4, -0.2) is 31.7 Å². The lowest BCUT2D eigenvalue weighted by Gasteiger charge is -2.15. The molecule has 1 rings (SSSR count). The molecule has 7 heteroatoms. The lowest BCUT2D eigenvalue weighted by atomic mass is 10.3. The van der Waals surface area contributed by atoms with E-state index in [4.69, 9.17) is 0 Å². The molecule has 1 aromatic rings. The van der Waals surface area contributed by atoms with Gasteiger partial charge in [0.15, 0.2) is 9.84 Å². The summed E-state index contributed by atoms with van der Waals surface area (Å²) in [4.78, 5) is 0.481. The number of thioether (sulfide) groups is 1. The lowest BCUT2D eigenvalue weighted by Crippen LogP contribution is -2.26. The van der Waals surface area contributed by atoms with Gasteiger partial charge in [0.25, 0.3) is 5.76 Å². The minimum Gasteiger partial charge on any atom is -0.382 e. The van der Waals surface area contributed by atoms with Crippen LogP contribution in [0.2, 0.25) is 0 Å². The van der Waals surface area contributed by atoms with Crippen LogP contribution in [-0.2, 0) is 9.84 Å². The van der Waals surface area contributed by atoms with E-state index in [0.717, 1.165) is 5.69 Å². The number of nitrogens with one attached hydrogen (secondary N) is 1. The Morgan fingerprint density at radius 2 is 1.84 bits per heavy atom. The van der Waals surface area contributed by atoms with E-state index < -0.39 is 15.6 Å². The summed E-state index contributed by atoms with van der Waals surface area (Å²) in [5.41, 5.74) is 0.720. The van der Waals surface area contributed by atoms with E-state index in [1.807, 2.05) is 0 Å². The van der Waals surface area contributed by atoms with Gasteiger partial charge in [-0.1, -0.05) is 18.7 Å². The minimum absolute atomic E-state index is 0.0526. The van der Waals surface area contributed by atoms with Crippen molar-refractivity contribution < 1.29 is 17.2 Å². The third-order valence-corrected chi connectivity index (χ3v) is 5.05. The van der Waals surface area contributed by atoms with Gasteiger partial charge >= 0.3 is 0 Å². The molecule has 0 heterocycles. The summed E-state index contributed by atoms with van der Waals surface area (Å²) in [5, 5.41) is 3.04. The quantitative estimate of drug-likeness (QED) is 0.786. The summed E-state index contributed by atoms with van der Waals surface area (Å²) >= 11 is 0.483. The highest BCUT2D eigenvalue weighted by Crippen LogP contribution is 2.26. The van der Waals surface area contributed by atoms with E-state index in [1.54, 1.807) is 38.1 Å². The third-order valence-electron chi connectivity index (χ3n) is 2.44. The van der Waals surface area contributed by atoms with Crippen molar-refractivity contribution in [2.45, 2.75) is 30.5 Å². The molecule has 0 bridgehead atoms. The normalized spacial score (nSPS) is 13.5. The molecule has 0 aliphatic rings. The van der Waals surface area contributed by atoms with Gasteiger partial charge in [-0.15, -0.1) is 0 Å². The van der Waals surface area contributed by atoms with Gasteiger partial charge < -0.3 is 5.32 Å². The zero-order valence-corrected chi connectivity index (χ0v) is 12.4. The van der Waals surface area contributed by atoms with Crippen molar-refractivity contribution in [1.82, 2.24) is 0 Å². The molecule has 0 spiro atoms. The monoisotopic (exact) mass is 309 g/mol. The molecule has 0 aliphatic heterocycles. The van der Waals surface area contributed by atoms with E-state index in [0.29, 0.717) is 16.7 Å². The second-order valence-electron chi connectivity index (χ2n) is 4.15. The van der Waals surface area contributed by atoms with Crippen LogP contribution in [0.15, 0.2) is 29.2 Å². The minimum atomic E-state index is -3.03. The average Bonchev–Trinajstić information content (AvgIpc) is 2.30. The van der Waals surface area contributed by atoms with Crippen LogP contribution >= 0.6 is 11.8 Å². The first kappa shape index (κ1) is 16.2. The van der Waals surface area contributed by atoms with E-state index in [2.05, 4.69) is 5.32 Å².